The summed E-state index contributed by atoms with van der Waals surface area (Å²) in [6.45, 7) is 4.64. The van der Waals surface area contributed by atoms with E-state index < -0.39 is 11.9 Å². The maximum absolute atomic E-state index is 12.4. The fraction of sp³-hybridized carbons (Fsp3) is 0.375. The van der Waals surface area contributed by atoms with Gasteiger partial charge in [-0.05, 0) is 38.1 Å². The Balaban J connectivity index is 2.33. The number of azo groups is 1. The van der Waals surface area contributed by atoms with Gasteiger partial charge < -0.3 is 14.4 Å². The molecule has 10 nitrogen and oxygen atoms in total. The minimum absolute atomic E-state index is 0.0747. The maximum Gasteiger partial charge on any atom is 0.348 e. The van der Waals surface area contributed by atoms with Crippen LogP contribution in [0.1, 0.15) is 47.5 Å². The van der Waals surface area contributed by atoms with Gasteiger partial charge in [-0.1, -0.05) is 0 Å². The first-order valence-corrected chi connectivity index (χ1v) is 11.7. The van der Waals surface area contributed by atoms with E-state index in [4.69, 9.17) is 20.0 Å². The first kappa shape index (κ1) is 27.0. The van der Waals surface area contributed by atoms with Crippen LogP contribution in [-0.4, -0.2) is 38.2 Å². The van der Waals surface area contributed by atoms with Crippen LogP contribution < -0.4 is 4.90 Å². The van der Waals surface area contributed by atoms with E-state index in [1.807, 2.05) is 11.0 Å². The van der Waals surface area contributed by atoms with Crippen molar-refractivity contribution in [3.8, 4) is 18.2 Å². The number of nitrogens with zero attached hydrogens (tertiary/aromatic N) is 6. The summed E-state index contributed by atoms with van der Waals surface area (Å²) in [4.78, 5) is 26.5. The summed E-state index contributed by atoms with van der Waals surface area (Å²) in [6.07, 6.45) is 0.408. The van der Waals surface area contributed by atoms with Crippen LogP contribution in [0.25, 0.3) is 0 Å². The predicted octanol–water partition coefficient (Wildman–Crippen LogP) is 4.95. The zero-order valence-electron chi connectivity index (χ0n) is 19.5. The summed E-state index contributed by atoms with van der Waals surface area (Å²) in [7, 11) is 0. The first-order valence-electron chi connectivity index (χ1n) is 10.9. The first-order chi connectivity index (χ1) is 17.0. The Labute approximate surface area is 207 Å². The quantitative estimate of drug-likeness (QED) is 0.298. The number of anilines is 1. The minimum Gasteiger partial charge on any atom is -0.466 e. The molecule has 35 heavy (non-hydrogen) atoms. The van der Waals surface area contributed by atoms with Crippen molar-refractivity contribution in [2.24, 2.45) is 10.2 Å². The largest absolute Gasteiger partial charge is 0.466 e. The smallest absolute Gasteiger partial charge is 0.348 e. The zero-order valence-corrected chi connectivity index (χ0v) is 20.3. The number of nitriles is 3. The lowest BCUT2D eigenvalue weighted by Crippen LogP contribution is -2.25. The molecule has 0 amide bonds. The Morgan fingerprint density at radius 1 is 0.971 bits per heavy atom. The third kappa shape index (κ3) is 7.63. The van der Waals surface area contributed by atoms with E-state index in [0.29, 0.717) is 31.6 Å². The van der Waals surface area contributed by atoms with Crippen molar-refractivity contribution in [3.05, 3.63) is 40.3 Å². The SMILES string of the molecule is CCOC(=O)Cc1c(C(=O)OCC)sc(N=Nc2ccc(N(CCC#N)CCC#N)cc2)c1C#N. The number of carbonyl (C=O) groups excluding carboxylic acids is 2. The lowest BCUT2D eigenvalue weighted by atomic mass is 10.1. The molecule has 180 valence electrons. The Kier molecular flexibility index (Phi) is 10.9. The summed E-state index contributed by atoms with van der Waals surface area (Å²) in [5, 5.41) is 36.0. The lowest BCUT2D eigenvalue weighted by molar-refractivity contribution is -0.142. The molecule has 0 fully saturated rings. The molecule has 0 aliphatic heterocycles. The van der Waals surface area contributed by atoms with Gasteiger partial charge in [-0.15, -0.1) is 21.6 Å². The Morgan fingerprint density at radius 2 is 1.60 bits per heavy atom. The molecule has 0 saturated carbocycles. The van der Waals surface area contributed by atoms with Gasteiger partial charge in [0.25, 0.3) is 0 Å². The monoisotopic (exact) mass is 492 g/mol. The highest BCUT2D eigenvalue weighted by molar-refractivity contribution is 7.18. The second-order valence-corrected chi connectivity index (χ2v) is 7.92. The van der Waals surface area contributed by atoms with Gasteiger partial charge in [-0.3, -0.25) is 4.79 Å². The molecule has 2 rings (SSSR count). The van der Waals surface area contributed by atoms with Gasteiger partial charge in [-0.2, -0.15) is 15.8 Å². The second-order valence-electron chi connectivity index (χ2n) is 6.92. The van der Waals surface area contributed by atoms with Crippen LogP contribution in [0.3, 0.4) is 0 Å². The summed E-state index contributed by atoms with van der Waals surface area (Å²) < 4.78 is 10.0. The molecule has 0 aliphatic carbocycles. The number of thiophene rings is 1. The van der Waals surface area contributed by atoms with Crippen molar-refractivity contribution >= 4 is 39.7 Å². The van der Waals surface area contributed by atoms with Crippen molar-refractivity contribution < 1.29 is 19.1 Å². The Morgan fingerprint density at radius 3 is 2.14 bits per heavy atom. The molecule has 0 N–H and O–H groups in total. The number of ether oxygens (including phenoxy) is 2. The molecule has 0 unspecified atom stereocenters. The van der Waals surface area contributed by atoms with E-state index in [2.05, 4.69) is 22.4 Å². The molecule has 0 bridgehead atoms. The van der Waals surface area contributed by atoms with Crippen molar-refractivity contribution in [1.82, 2.24) is 0 Å². The molecule has 0 aliphatic rings. The normalized spacial score (nSPS) is 10.3. The number of esters is 2. The van der Waals surface area contributed by atoms with E-state index in [1.165, 1.54) is 0 Å². The molecule has 0 radical (unpaired) electrons. The van der Waals surface area contributed by atoms with Crippen LogP contribution in [0.15, 0.2) is 34.5 Å². The molecule has 1 aromatic heterocycles. The third-order valence-corrected chi connectivity index (χ3v) is 5.74. The second kappa shape index (κ2) is 14.1. The van der Waals surface area contributed by atoms with Gasteiger partial charge >= 0.3 is 11.9 Å². The number of benzene rings is 1. The molecule has 11 heteroatoms. The Hall–Kier alpha value is -4.27. The van der Waals surface area contributed by atoms with E-state index in [1.54, 1.807) is 38.1 Å². The zero-order chi connectivity index (χ0) is 25.6. The van der Waals surface area contributed by atoms with Gasteiger partial charge in [0.2, 0.25) is 0 Å². The van der Waals surface area contributed by atoms with E-state index in [0.717, 1.165) is 17.0 Å². The van der Waals surface area contributed by atoms with Crippen molar-refractivity contribution in [2.75, 3.05) is 31.2 Å². The fourth-order valence-electron chi connectivity index (χ4n) is 3.10. The molecule has 0 saturated heterocycles. The standard InChI is InChI=1S/C24H24N6O4S/c1-3-33-21(31)15-19-20(16-27)23(35-22(19)24(32)34-4-2)29-28-17-7-9-18(10-8-17)30(13-5-11-25)14-6-12-26/h7-10H,3-6,13-15H2,1-2H3. The number of rotatable bonds is 12. The van der Waals surface area contributed by atoms with E-state index in [-0.39, 0.29) is 40.6 Å². The van der Waals surface area contributed by atoms with E-state index in [9.17, 15) is 14.9 Å². The lowest BCUT2D eigenvalue weighted by Gasteiger charge is -2.22. The fourth-order valence-corrected chi connectivity index (χ4v) is 4.08. The van der Waals surface area contributed by atoms with Gasteiger partial charge in [0, 0.05) is 24.3 Å². The highest BCUT2D eigenvalue weighted by atomic mass is 32.1. The van der Waals surface area contributed by atoms with Gasteiger partial charge in [0.15, 0.2) is 5.00 Å². The highest BCUT2D eigenvalue weighted by Gasteiger charge is 2.26. The van der Waals surface area contributed by atoms with Crippen LogP contribution in [0.2, 0.25) is 0 Å². The maximum atomic E-state index is 12.4. The summed E-state index contributed by atoms with van der Waals surface area (Å²) in [6, 6.07) is 13.3. The summed E-state index contributed by atoms with van der Waals surface area (Å²) in [5.74, 6) is -1.21. The summed E-state index contributed by atoms with van der Waals surface area (Å²) >= 11 is 0.930. The van der Waals surface area contributed by atoms with Gasteiger partial charge in [-0.25, -0.2) is 4.79 Å². The van der Waals surface area contributed by atoms with Crippen LogP contribution in [0.4, 0.5) is 16.4 Å². The number of hydrogen-bond donors (Lipinski definition) is 0. The average Bonchev–Trinajstić information content (AvgIpc) is 3.20. The van der Waals surface area contributed by atoms with E-state index >= 15 is 0 Å². The molecular weight excluding hydrogens is 468 g/mol. The highest BCUT2D eigenvalue weighted by Crippen LogP contribution is 2.37. The van der Waals surface area contributed by atoms with Gasteiger partial charge in [0.1, 0.15) is 10.9 Å². The number of hydrogen-bond acceptors (Lipinski definition) is 11. The average molecular weight is 493 g/mol. The van der Waals surface area contributed by atoms with Crippen LogP contribution in [0.5, 0.6) is 0 Å². The molecule has 2 aromatic rings. The molecule has 0 spiro atoms. The minimum atomic E-state index is -0.645. The van der Waals surface area contributed by atoms with Crippen LogP contribution in [0, 0.1) is 34.0 Å². The summed E-state index contributed by atoms with van der Waals surface area (Å²) in [5.41, 5.74) is 1.62. The molecule has 1 aromatic carbocycles. The molecular formula is C24H24N6O4S. The van der Waals surface area contributed by atoms with Crippen LogP contribution >= 0.6 is 11.3 Å². The Bertz CT molecular complexity index is 1170. The predicted molar refractivity (Wildman–Crippen MR) is 129 cm³/mol. The van der Waals surface area contributed by atoms with Gasteiger partial charge in [0.05, 0.1) is 55.9 Å². The third-order valence-electron chi connectivity index (χ3n) is 4.65. The van der Waals surface area contributed by atoms with Crippen LogP contribution in [-0.2, 0) is 20.7 Å². The van der Waals surface area contributed by atoms with Crippen molar-refractivity contribution in [3.63, 3.8) is 0 Å². The topological polar surface area (TPSA) is 152 Å². The number of carbonyl (C=O) groups is 2. The van der Waals surface area contributed by atoms with Crippen molar-refractivity contribution in [2.45, 2.75) is 33.1 Å². The molecule has 0 atom stereocenters. The van der Waals surface area contributed by atoms with Crippen molar-refractivity contribution in [1.29, 1.82) is 15.8 Å². The molecule has 1 heterocycles.